The van der Waals surface area contributed by atoms with Crippen molar-refractivity contribution in [3.8, 4) is 0 Å². The molecule has 0 bridgehead atoms. The molecule has 0 aliphatic carbocycles. The Morgan fingerprint density at radius 1 is 1.19 bits per heavy atom. The first kappa shape index (κ1) is 24.4. The molecule has 1 aromatic carbocycles. The average Bonchev–Trinajstić information content (AvgIpc) is 2.75. The van der Waals surface area contributed by atoms with Crippen LogP contribution in [0.25, 0.3) is 0 Å². The van der Waals surface area contributed by atoms with Crippen LogP contribution in [0, 0.1) is 0 Å². The van der Waals surface area contributed by atoms with E-state index < -0.39 is 22.2 Å². The monoisotopic (exact) mass is 475 g/mol. The lowest BCUT2D eigenvalue weighted by atomic mass is 9.98. The van der Waals surface area contributed by atoms with E-state index >= 15 is 0 Å². The van der Waals surface area contributed by atoms with Crippen LogP contribution in [0.4, 0.5) is 0 Å². The molecule has 1 amide bonds. The summed E-state index contributed by atoms with van der Waals surface area (Å²) in [5.74, 6) is -0.0370. The number of nitrogens with one attached hydrogen (secondary N) is 2. The molecule has 11 heteroatoms. The highest BCUT2D eigenvalue weighted by Crippen LogP contribution is 2.23. The Morgan fingerprint density at radius 3 is 2.58 bits per heavy atom. The number of nitrogens with zero attached hydrogens (tertiary/aromatic N) is 1. The van der Waals surface area contributed by atoms with E-state index in [2.05, 4.69) is 14.9 Å². The Labute approximate surface area is 188 Å². The highest BCUT2D eigenvalue weighted by atomic mass is 35.5. The number of sulfonamides is 1. The van der Waals surface area contributed by atoms with Crippen molar-refractivity contribution in [2.45, 2.75) is 42.4 Å². The maximum Gasteiger partial charge on any atom is 0.240 e. The van der Waals surface area contributed by atoms with Gasteiger partial charge in [-0.2, -0.15) is 0 Å². The fourth-order valence-corrected chi connectivity index (χ4v) is 5.18. The number of halogens is 1. The van der Waals surface area contributed by atoms with Gasteiger partial charge < -0.3 is 19.9 Å². The fourth-order valence-electron chi connectivity index (χ4n) is 3.75. The molecule has 31 heavy (non-hydrogen) atoms. The molecule has 0 unspecified atom stereocenters. The van der Waals surface area contributed by atoms with Crippen molar-refractivity contribution in [2.75, 3.05) is 46.0 Å². The third kappa shape index (κ3) is 7.38. The summed E-state index contributed by atoms with van der Waals surface area (Å²) in [5.41, 5.74) is 0. The predicted octanol–water partition coefficient (Wildman–Crippen LogP) is 0.365. The van der Waals surface area contributed by atoms with Crippen molar-refractivity contribution >= 4 is 27.5 Å². The van der Waals surface area contributed by atoms with E-state index in [1.54, 1.807) is 0 Å². The molecule has 2 fully saturated rings. The van der Waals surface area contributed by atoms with E-state index in [1.807, 2.05) is 0 Å². The Hall–Kier alpha value is -1.27. The molecule has 0 saturated carbocycles. The SMILES string of the molecule is O=C(CN1CCOCC1)NCC[C@@H]1CC[C@H](NS(=O)(=O)c2ccc(Cl)cc2)[C@H](CO)O1. The summed E-state index contributed by atoms with van der Waals surface area (Å²) in [4.78, 5) is 14.2. The molecule has 3 atom stereocenters. The maximum atomic E-state index is 12.6. The largest absolute Gasteiger partial charge is 0.394 e. The first-order valence-corrected chi connectivity index (χ1v) is 12.3. The van der Waals surface area contributed by atoms with Gasteiger partial charge in [-0.25, -0.2) is 13.1 Å². The predicted molar refractivity (Wildman–Crippen MR) is 115 cm³/mol. The van der Waals surface area contributed by atoms with E-state index in [9.17, 15) is 18.3 Å². The topological polar surface area (TPSA) is 117 Å². The first-order chi connectivity index (χ1) is 14.9. The van der Waals surface area contributed by atoms with E-state index in [1.165, 1.54) is 24.3 Å². The normalized spacial score (nSPS) is 25.3. The lowest BCUT2D eigenvalue weighted by Crippen LogP contribution is -2.51. The number of aliphatic hydroxyl groups excluding tert-OH is 1. The Kier molecular flexibility index (Phi) is 9.08. The van der Waals surface area contributed by atoms with Gasteiger partial charge in [-0.15, -0.1) is 0 Å². The van der Waals surface area contributed by atoms with Crippen LogP contribution in [0.2, 0.25) is 5.02 Å². The highest BCUT2D eigenvalue weighted by Gasteiger charge is 2.33. The average molecular weight is 476 g/mol. The van der Waals surface area contributed by atoms with Crippen LogP contribution in [-0.4, -0.2) is 88.6 Å². The van der Waals surface area contributed by atoms with E-state index in [0.717, 1.165) is 13.1 Å². The number of rotatable bonds is 9. The van der Waals surface area contributed by atoms with Gasteiger partial charge in [-0.05, 0) is 43.5 Å². The molecule has 3 N–H and O–H groups in total. The number of hydrogen-bond acceptors (Lipinski definition) is 7. The van der Waals surface area contributed by atoms with Crippen LogP contribution < -0.4 is 10.0 Å². The quantitative estimate of drug-likeness (QED) is 0.472. The van der Waals surface area contributed by atoms with Gasteiger partial charge in [0, 0.05) is 24.7 Å². The summed E-state index contributed by atoms with van der Waals surface area (Å²) in [5, 5.41) is 13.1. The van der Waals surface area contributed by atoms with E-state index in [-0.39, 0.29) is 23.5 Å². The van der Waals surface area contributed by atoms with Crippen molar-refractivity contribution in [3.05, 3.63) is 29.3 Å². The molecule has 9 nitrogen and oxygen atoms in total. The molecule has 0 aromatic heterocycles. The van der Waals surface area contributed by atoms with Crippen LogP contribution >= 0.6 is 11.6 Å². The third-order valence-corrected chi connectivity index (χ3v) is 7.24. The number of hydrogen-bond donors (Lipinski definition) is 3. The molecule has 0 radical (unpaired) electrons. The van der Waals surface area contributed by atoms with Crippen LogP contribution in [0.1, 0.15) is 19.3 Å². The zero-order valence-electron chi connectivity index (χ0n) is 17.3. The van der Waals surface area contributed by atoms with Crippen LogP contribution in [-0.2, 0) is 24.3 Å². The van der Waals surface area contributed by atoms with Gasteiger partial charge in [0.1, 0.15) is 0 Å². The fraction of sp³-hybridized carbons (Fsp3) is 0.650. The van der Waals surface area contributed by atoms with Crippen molar-refractivity contribution in [3.63, 3.8) is 0 Å². The Bertz CT molecular complexity index is 817. The van der Waals surface area contributed by atoms with Crippen molar-refractivity contribution in [1.82, 2.24) is 14.9 Å². The molecule has 3 rings (SSSR count). The molecule has 2 saturated heterocycles. The first-order valence-electron chi connectivity index (χ1n) is 10.5. The van der Waals surface area contributed by atoms with Gasteiger partial charge in [0.05, 0.1) is 49.5 Å². The minimum Gasteiger partial charge on any atom is -0.394 e. The molecule has 2 aliphatic heterocycles. The number of amides is 1. The number of morpholine rings is 1. The molecule has 2 aliphatic rings. The third-order valence-electron chi connectivity index (χ3n) is 5.49. The minimum absolute atomic E-state index is 0.0370. The summed E-state index contributed by atoms with van der Waals surface area (Å²) < 4.78 is 39.0. The number of benzene rings is 1. The smallest absolute Gasteiger partial charge is 0.240 e. The van der Waals surface area contributed by atoms with E-state index in [0.29, 0.717) is 50.6 Å². The standard InChI is InChI=1S/C20H30ClN3O6S/c21-15-1-4-17(5-2-15)31(27,28)23-18-6-3-16(30-19(18)14-25)7-8-22-20(26)13-24-9-11-29-12-10-24/h1-2,4-5,16,18-19,23,25H,3,6-14H2,(H,22,26)/t16-,18-,19-/m0/s1. The summed E-state index contributed by atoms with van der Waals surface area (Å²) in [6.07, 6.45) is 0.956. The van der Waals surface area contributed by atoms with Gasteiger partial charge in [0.2, 0.25) is 15.9 Å². The second-order valence-corrected chi connectivity index (χ2v) is 9.92. The molecule has 2 heterocycles. The zero-order valence-corrected chi connectivity index (χ0v) is 18.9. The van der Waals surface area contributed by atoms with Crippen LogP contribution in [0.15, 0.2) is 29.2 Å². The van der Waals surface area contributed by atoms with Gasteiger partial charge in [0.25, 0.3) is 0 Å². The lowest BCUT2D eigenvalue weighted by Gasteiger charge is -2.36. The van der Waals surface area contributed by atoms with Gasteiger partial charge >= 0.3 is 0 Å². The molecule has 0 spiro atoms. The Balaban J connectivity index is 1.43. The van der Waals surface area contributed by atoms with Crippen molar-refractivity contribution < 1.29 is 27.8 Å². The van der Waals surface area contributed by atoms with Crippen LogP contribution in [0.5, 0.6) is 0 Å². The highest BCUT2D eigenvalue weighted by molar-refractivity contribution is 7.89. The van der Waals surface area contributed by atoms with Gasteiger partial charge in [-0.1, -0.05) is 11.6 Å². The summed E-state index contributed by atoms with van der Waals surface area (Å²) in [6.45, 7) is 3.32. The van der Waals surface area contributed by atoms with Crippen molar-refractivity contribution in [1.29, 1.82) is 0 Å². The number of aliphatic hydroxyl groups is 1. The number of carbonyl (C=O) groups excluding carboxylic acids is 1. The van der Waals surface area contributed by atoms with Crippen molar-refractivity contribution in [2.24, 2.45) is 0 Å². The summed E-state index contributed by atoms with van der Waals surface area (Å²) in [6, 6.07) is 5.37. The summed E-state index contributed by atoms with van der Waals surface area (Å²) in [7, 11) is -3.75. The second-order valence-electron chi connectivity index (χ2n) is 7.77. The second kappa shape index (κ2) is 11.6. The number of ether oxygens (including phenoxy) is 2. The maximum absolute atomic E-state index is 12.6. The molecular weight excluding hydrogens is 446 g/mol. The van der Waals surface area contributed by atoms with Crippen LogP contribution in [0.3, 0.4) is 0 Å². The molecular formula is C20H30ClN3O6S. The molecule has 1 aromatic rings. The Morgan fingerprint density at radius 2 is 1.90 bits per heavy atom. The van der Waals surface area contributed by atoms with Gasteiger partial charge in [-0.3, -0.25) is 9.69 Å². The lowest BCUT2D eigenvalue weighted by molar-refractivity contribution is -0.123. The zero-order chi connectivity index (χ0) is 22.3. The summed E-state index contributed by atoms with van der Waals surface area (Å²) >= 11 is 5.82. The minimum atomic E-state index is -3.75. The molecule has 174 valence electrons. The van der Waals surface area contributed by atoms with Gasteiger partial charge in [0.15, 0.2) is 0 Å². The van der Waals surface area contributed by atoms with E-state index in [4.69, 9.17) is 21.1 Å². The number of carbonyl (C=O) groups is 1.